The maximum Gasteiger partial charge on any atom is 0.220 e. The van der Waals surface area contributed by atoms with Crippen molar-refractivity contribution in [3.63, 3.8) is 0 Å². The summed E-state index contributed by atoms with van der Waals surface area (Å²) in [5.74, 6) is 1.75. The van der Waals surface area contributed by atoms with Crippen molar-refractivity contribution in [2.24, 2.45) is 0 Å². The molecule has 19 heavy (non-hydrogen) atoms. The van der Waals surface area contributed by atoms with Crippen LogP contribution >= 0.6 is 11.8 Å². The minimum Gasteiger partial charge on any atom is -0.497 e. The molecule has 0 saturated heterocycles. The van der Waals surface area contributed by atoms with Gasteiger partial charge in [-0.05, 0) is 30.8 Å². The van der Waals surface area contributed by atoms with Gasteiger partial charge in [0.15, 0.2) is 0 Å². The van der Waals surface area contributed by atoms with Gasteiger partial charge in [-0.3, -0.25) is 4.79 Å². The smallest absolute Gasteiger partial charge is 0.220 e. The molecule has 0 saturated carbocycles. The Morgan fingerprint density at radius 2 is 2.00 bits per heavy atom. The van der Waals surface area contributed by atoms with Crippen molar-refractivity contribution in [3.05, 3.63) is 24.3 Å². The standard InChI is InChI=1S/C14H22N2O2S/c1-3-15-9-10-16-14(17)8-11-19-13-6-4-12(18-2)5-7-13/h4-7,15H,3,8-11H2,1-2H3,(H,16,17). The van der Waals surface area contributed by atoms with Gasteiger partial charge in [0.25, 0.3) is 0 Å². The first kappa shape index (κ1) is 15.9. The van der Waals surface area contributed by atoms with Gasteiger partial charge in [0.1, 0.15) is 5.75 Å². The second-order valence-electron chi connectivity index (χ2n) is 3.98. The molecule has 0 heterocycles. The zero-order chi connectivity index (χ0) is 13.9. The number of rotatable bonds is 9. The fraction of sp³-hybridized carbons (Fsp3) is 0.500. The number of hydrogen-bond acceptors (Lipinski definition) is 4. The first-order valence-corrected chi connectivity index (χ1v) is 7.49. The zero-order valence-electron chi connectivity index (χ0n) is 11.6. The molecule has 1 rings (SSSR count). The number of nitrogens with one attached hydrogen (secondary N) is 2. The van der Waals surface area contributed by atoms with Crippen LogP contribution in [-0.4, -0.2) is 38.4 Å². The minimum absolute atomic E-state index is 0.110. The summed E-state index contributed by atoms with van der Waals surface area (Å²) in [6.45, 7) is 4.50. The van der Waals surface area contributed by atoms with Gasteiger partial charge in [0.2, 0.25) is 5.91 Å². The van der Waals surface area contributed by atoms with Crippen LogP contribution in [0.4, 0.5) is 0 Å². The number of thioether (sulfide) groups is 1. The predicted octanol–water partition coefficient (Wildman–Crippen LogP) is 1.90. The fourth-order valence-corrected chi connectivity index (χ4v) is 2.34. The van der Waals surface area contributed by atoms with E-state index in [1.54, 1.807) is 18.9 Å². The summed E-state index contributed by atoms with van der Waals surface area (Å²) in [6.07, 6.45) is 0.544. The van der Waals surface area contributed by atoms with E-state index in [-0.39, 0.29) is 5.91 Å². The molecular formula is C14H22N2O2S. The highest BCUT2D eigenvalue weighted by atomic mass is 32.2. The third kappa shape index (κ3) is 7.08. The Hall–Kier alpha value is -1.20. The quantitative estimate of drug-likeness (QED) is 0.536. The fourth-order valence-electron chi connectivity index (χ4n) is 1.49. The van der Waals surface area contributed by atoms with Crippen LogP contribution in [0.1, 0.15) is 13.3 Å². The van der Waals surface area contributed by atoms with E-state index < -0.39 is 0 Å². The highest BCUT2D eigenvalue weighted by Crippen LogP contribution is 2.21. The van der Waals surface area contributed by atoms with E-state index in [1.807, 2.05) is 31.2 Å². The van der Waals surface area contributed by atoms with Crippen LogP contribution in [0.3, 0.4) is 0 Å². The Balaban J connectivity index is 2.13. The zero-order valence-corrected chi connectivity index (χ0v) is 12.4. The Labute approximate surface area is 119 Å². The van der Waals surface area contributed by atoms with Crippen molar-refractivity contribution in [3.8, 4) is 5.75 Å². The molecule has 0 bridgehead atoms. The maximum atomic E-state index is 11.5. The van der Waals surface area contributed by atoms with Crippen LogP contribution in [-0.2, 0) is 4.79 Å². The summed E-state index contributed by atoms with van der Waals surface area (Å²) in [5.41, 5.74) is 0. The number of carbonyl (C=O) groups excluding carboxylic acids is 1. The number of likely N-dealkylation sites (N-methyl/N-ethyl adjacent to an activating group) is 1. The maximum absolute atomic E-state index is 11.5. The number of hydrogen-bond donors (Lipinski definition) is 2. The molecule has 0 aliphatic heterocycles. The summed E-state index contributed by atoms with van der Waals surface area (Å²) in [6, 6.07) is 7.87. The highest BCUT2D eigenvalue weighted by Gasteiger charge is 2.01. The second kappa shape index (κ2) is 9.69. The Morgan fingerprint density at radius 1 is 1.26 bits per heavy atom. The lowest BCUT2D eigenvalue weighted by atomic mass is 10.3. The molecule has 5 heteroatoms. The predicted molar refractivity (Wildman–Crippen MR) is 79.9 cm³/mol. The second-order valence-corrected chi connectivity index (χ2v) is 5.15. The Kier molecular flexibility index (Phi) is 8.09. The molecule has 0 aliphatic rings. The van der Waals surface area contributed by atoms with Gasteiger partial charge >= 0.3 is 0 Å². The molecule has 0 unspecified atom stereocenters. The van der Waals surface area contributed by atoms with E-state index in [2.05, 4.69) is 10.6 Å². The monoisotopic (exact) mass is 282 g/mol. The normalized spacial score (nSPS) is 10.2. The summed E-state index contributed by atoms with van der Waals surface area (Å²) in [4.78, 5) is 12.7. The van der Waals surface area contributed by atoms with E-state index in [4.69, 9.17) is 4.74 Å². The SMILES string of the molecule is CCNCCNC(=O)CCSc1ccc(OC)cc1. The van der Waals surface area contributed by atoms with Crippen molar-refractivity contribution in [1.29, 1.82) is 0 Å². The van der Waals surface area contributed by atoms with Crippen molar-refractivity contribution >= 4 is 17.7 Å². The molecule has 0 aromatic heterocycles. The Morgan fingerprint density at radius 3 is 2.63 bits per heavy atom. The van der Waals surface area contributed by atoms with Crippen molar-refractivity contribution < 1.29 is 9.53 Å². The summed E-state index contributed by atoms with van der Waals surface area (Å²) in [5, 5.41) is 6.05. The lowest BCUT2D eigenvalue weighted by Gasteiger charge is -2.06. The van der Waals surface area contributed by atoms with Gasteiger partial charge in [0.05, 0.1) is 7.11 Å². The van der Waals surface area contributed by atoms with Crippen LogP contribution in [0.5, 0.6) is 5.75 Å². The van der Waals surface area contributed by atoms with Crippen LogP contribution in [0.2, 0.25) is 0 Å². The molecule has 2 N–H and O–H groups in total. The molecule has 1 amide bonds. The van der Waals surface area contributed by atoms with Crippen LogP contribution in [0.15, 0.2) is 29.2 Å². The number of ether oxygens (including phenoxy) is 1. The Bertz CT molecular complexity index is 368. The number of benzene rings is 1. The first-order chi connectivity index (χ1) is 9.26. The molecule has 4 nitrogen and oxygen atoms in total. The molecule has 106 valence electrons. The number of carbonyl (C=O) groups is 1. The van der Waals surface area contributed by atoms with E-state index >= 15 is 0 Å². The largest absolute Gasteiger partial charge is 0.497 e. The minimum atomic E-state index is 0.110. The van der Waals surface area contributed by atoms with Gasteiger partial charge in [0, 0.05) is 30.2 Å². The molecule has 0 atom stereocenters. The van der Waals surface area contributed by atoms with E-state index in [1.165, 1.54) is 0 Å². The molecular weight excluding hydrogens is 260 g/mol. The molecule has 0 spiro atoms. The van der Waals surface area contributed by atoms with Gasteiger partial charge in [-0.15, -0.1) is 11.8 Å². The van der Waals surface area contributed by atoms with Crippen molar-refractivity contribution in [1.82, 2.24) is 10.6 Å². The summed E-state index contributed by atoms with van der Waals surface area (Å²) in [7, 11) is 1.65. The number of amides is 1. The lowest BCUT2D eigenvalue weighted by Crippen LogP contribution is -2.31. The van der Waals surface area contributed by atoms with Crippen molar-refractivity contribution in [2.45, 2.75) is 18.2 Å². The van der Waals surface area contributed by atoms with Gasteiger partial charge < -0.3 is 15.4 Å². The molecule has 0 radical (unpaired) electrons. The van der Waals surface area contributed by atoms with Crippen LogP contribution in [0, 0.1) is 0 Å². The third-order valence-electron chi connectivity index (χ3n) is 2.53. The van der Waals surface area contributed by atoms with E-state index in [0.717, 1.165) is 29.5 Å². The average Bonchev–Trinajstić information content (AvgIpc) is 2.44. The van der Waals surface area contributed by atoms with Crippen LogP contribution in [0.25, 0.3) is 0 Å². The number of methoxy groups -OCH3 is 1. The molecule has 0 aliphatic carbocycles. The molecule has 0 fully saturated rings. The molecule has 1 aromatic carbocycles. The topological polar surface area (TPSA) is 50.4 Å². The van der Waals surface area contributed by atoms with E-state index in [9.17, 15) is 4.79 Å². The summed E-state index contributed by atoms with van der Waals surface area (Å²) >= 11 is 1.68. The van der Waals surface area contributed by atoms with Gasteiger partial charge in [-0.2, -0.15) is 0 Å². The average molecular weight is 282 g/mol. The first-order valence-electron chi connectivity index (χ1n) is 6.50. The lowest BCUT2D eigenvalue weighted by molar-refractivity contribution is -0.120. The molecule has 1 aromatic rings. The van der Waals surface area contributed by atoms with Gasteiger partial charge in [-0.1, -0.05) is 6.92 Å². The van der Waals surface area contributed by atoms with E-state index in [0.29, 0.717) is 13.0 Å². The highest BCUT2D eigenvalue weighted by molar-refractivity contribution is 7.99. The summed E-state index contributed by atoms with van der Waals surface area (Å²) < 4.78 is 5.10. The van der Waals surface area contributed by atoms with Crippen LogP contribution < -0.4 is 15.4 Å². The van der Waals surface area contributed by atoms with Gasteiger partial charge in [-0.25, -0.2) is 0 Å². The third-order valence-corrected chi connectivity index (χ3v) is 3.54. The van der Waals surface area contributed by atoms with Crippen molar-refractivity contribution in [2.75, 3.05) is 32.5 Å².